The molecule has 3 aromatic rings. The molecular formula is C18H17ClN6O2. The topological polar surface area (TPSA) is 88.3 Å². The second-order valence-corrected chi connectivity index (χ2v) is 6.52. The standard InChI is InChI=1S/C18H17ClN6O2/c1-12-22-17(23-27-12)13-4-5-15(21-11-13)24-7-9-25(10-8-24)18(26)14-3-2-6-20-16(14)19/h2-6,11H,7-10H2,1H3. The van der Waals surface area contributed by atoms with E-state index >= 15 is 0 Å². The summed E-state index contributed by atoms with van der Waals surface area (Å²) in [5, 5.41) is 4.13. The minimum absolute atomic E-state index is 0.0940. The summed E-state index contributed by atoms with van der Waals surface area (Å²) >= 11 is 6.03. The van der Waals surface area contributed by atoms with Gasteiger partial charge in [-0.25, -0.2) is 9.97 Å². The molecule has 1 fully saturated rings. The summed E-state index contributed by atoms with van der Waals surface area (Å²) in [5.41, 5.74) is 1.24. The largest absolute Gasteiger partial charge is 0.353 e. The fourth-order valence-corrected chi connectivity index (χ4v) is 3.18. The predicted octanol–water partition coefficient (Wildman–Crippen LogP) is 2.45. The minimum atomic E-state index is -0.0940. The number of piperazine rings is 1. The molecule has 0 atom stereocenters. The summed E-state index contributed by atoms with van der Waals surface area (Å²) in [5.74, 6) is 1.80. The van der Waals surface area contributed by atoms with Crippen molar-refractivity contribution in [1.29, 1.82) is 0 Å². The van der Waals surface area contributed by atoms with E-state index in [1.165, 1.54) is 0 Å². The Morgan fingerprint density at radius 3 is 2.59 bits per heavy atom. The average molecular weight is 385 g/mol. The van der Waals surface area contributed by atoms with Crippen LogP contribution in [-0.2, 0) is 0 Å². The fourth-order valence-electron chi connectivity index (χ4n) is 2.98. The van der Waals surface area contributed by atoms with Gasteiger partial charge in [0.15, 0.2) is 0 Å². The van der Waals surface area contributed by atoms with Crippen LogP contribution in [0.3, 0.4) is 0 Å². The number of hydrogen-bond acceptors (Lipinski definition) is 7. The van der Waals surface area contributed by atoms with Gasteiger partial charge < -0.3 is 14.3 Å². The average Bonchev–Trinajstić information content (AvgIpc) is 3.14. The van der Waals surface area contributed by atoms with Gasteiger partial charge >= 0.3 is 0 Å². The molecule has 0 aromatic carbocycles. The predicted molar refractivity (Wildman–Crippen MR) is 99.6 cm³/mol. The molecule has 4 heterocycles. The van der Waals surface area contributed by atoms with Crippen LogP contribution in [0.1, 0.15) is 16.2 Å². The lowest BCUT2D eigenvalue weighted by Crippen LogP contribution is -2.49. The molecule has 1 amide bonds. The highest BCUT2D eigenvalue weighted by Gasteiger charge is 2.24. The molecule has 0 N–H and O–H groups in total. The van der Waals surface area contributed by atoms with E-state index in [0.29, 0.717) is 43.5 Å². The molecule has 9 heteroatoms. The monoisotopic (exact) mass is 384 g/mol. The van der Waals surface area contributed by atoms with Crippen molar-refractivity contribution in [2.75, 3.05) is 31.1 Å². The van der Waals surface area contributed by atoms with Crippen molar-refractivity contribution in [3.05, 3.63) is 53.3 Å². The lowest BCUT2D eigenvalue weighted by Gasteiger charge is -2.35. The number of anilines is 1. The van der Waals surface area contributed by atoms with Gasteiger partial charge in [-0.3, -0.25) is 4.79 Å². The van der Waals surface area contributed by atoms with Gasteiger partial charge in [-0.2, -0.15) is 4.98 Å². The van der Waals surface area contributed by atoms with E-state index < -0.39 is 0 Å². The van der Waals surface area contributed by atoms with E-state index in [1.54, 1.807) is 36.4 Å². The van der Waals surface area contributed by atoms with Gasteiger partial charge in [0.05, 0.1) is 5.56 Å². The molecule has 1 saturated heterocycles. The number of aryl methyl sites for hydroxylation is 1. The van der Waals surface area contributed by atoms with Gasteiger partial charge in [-0.15, -0.1) is 0 Å². The molecule has 4 rings (SSSR count). The lowest BCUT2D eigenvalue weighted by molar-refractivity contribution is 0.0746. The van der Waals surface area contributed by atoms with Crippen LogP contribution in [-0.4, -0.2) is 57.1 Å². The van der Waals surface area contributed by atoms with Gasteiger partial charge in [0.25, 0.3) is 5.91 Å². The summed E-state index contributed by atoms with van der Waals surface area (Å²) < 4.78 is 4.99. The van der Waals surface area contributed by atoms with Crippen LogP contribution >= 0.6 is 11.6 Å². The zero-order valence-electron chi connectivity index (χ0n) is 14.7. The van der Waals surface area contributed by atoms with Crippen molar-refractivity contribution in [2.45, 2.75) is 6.92 Å². The Morgan fingerprint density at radius 2 is 1.96 bits per heavy atom. The maximum Gasteiger partial charge on any atom is 0.257 e. The Morgan fingerprint density at radius 1 is 1.15 bits per heavy atom. The summed E-state index contributed by atoms with van der Waals surface area (Å²) in [6, 6.07) is 7.26. The fraction of sp³-hybridized carbons (Fsp3) is 0.278. The van der Waals surface area contributed by atoms with Crippen LogP contribution < -0.4 is 4.90 Å². The maximum absolute atomic E-state index is 12.6. The van der Waals surface area contributed by atoms with Crippen LogP contribution in [0.25, 0.3) is 11.4 Å². The third kappa shape index (κ3) is 3.61. The van der Waals surface area contributed by atoms with E-state index in [4.69, 9.17) is 16.1 Å². The summed E-state index contributed by atoms with van der Waals surface area (Å²) in [6.45, 7) is 4.32. The molecule has 8 nitrogen and oxygen atoms in total. The first-order valence-electron chi connectivity index (χ1n) is 8.53. The second-order valence-electron chi connectivity index (χ2n) is 6.16. The zero-order chi connectivity index (χ0) is 18.8. The highest BCUT2D eigenvalue weighted by Crippen LogP contribution is 2.21. The van der Waals surface area contributed by atoms with Crippen molar-refractivity contribution in [3.8, 4) is 11.4 Å². The molecule has 0 saturated carbocycles. The Hall–Kier alpha value is -3.00. The number of halogens is 1. The molecular weight excluding hydrogens is 368 g/mol. The zero-order valence-corrected chi connectivity index (χ0v) is 15.4. The Balaban J connectivity index is 1.40. The molecule has 3 aromatic heterocycles. The molecule has 0 unspecified atom stereocenters. The van der Waals surface area contributed by atoms with Crippen molar-refractivity contribution < 1.29 is 9.32 Å². The minimum Gasteiger partial charge on any atom is -0.353 e. The van der Waals surface area contributed by atoms with Crippen molar-refractivity contribution >= 4 is 23.3 Å². The molecule has 0 spiro atoms. The van der Waals surface area contributed by atoms with Gasteiger partial charge in [-0.1, -0.05) is 16.8 Å². The number of pyridine rings is 2. The van der Waals surface area contributed by atoms with Crippen LogP contribution in [0.4, 0.5) is 5.82 Å². The van der Waals surface area contributed by atoms with E-state index in [0.717, 1.165) is 11.4 Å². The van der Waals surface area contributed by atoms with Gasteiger partial charge in [0, 0.05) is 51.1 Å². The third-order valence-electron chi connectivity index (χ3n) is 4.41. The third-order valence-corrected chi connectivity index (χ3v) is 4.72. The number of carbonyl (C=O) groups excluding carboxylic acids is 1. The van der Waals surface area contributed by atoms with Crippen molar-refractivity contribution in [2.24, 2.45) is 0 Å². The quantitative estimate of drug-likeness (QED) is 0.641. The normalized spacial score (nSPS) is 14.4. The van der Waals surface area contributed by atoms with Gasteiger partial charge in [-0.05, 0) is 24.3 Å². The van der Waals surface area contributed by atoms with E-state index in [2.05, 4.69) is 25.0 Å². The number of rotatable bonds is 3. The maximum atomic E-state index is 12.6. The van der Waals surface area contributed by atoms with Crippen LogP contribution in [0.5, 0.6) is 0 Å². The second kappa shape index (κ2) is 7.32. The van der Waals surface area contributed by atoms with Crippen LogP contribution in [0, 0.1) is 6.92 Å². The molecule has 0 radical (unpaired) electrons. The first-order chi connectivity index (χ1) is 13.1. The first-order valence-corrected chi connectivity index (χ1v) is 8.91. The van der Waals surface area contributed by atoms with E-state index in [-0.39, 0.29) is 11.1 Å². The van der Waals surface area contributed by atoms with Gasteiger partial charge in [0.2, 0.25) is 11.7 Å². The molecule has 1 aliphatic heterocycles. The molecule has 0 bridgehead atoms. The number of carbonyl (C=O) groups is 1. The molecule has 1 aliphatic rings. The van der Waals surface area contributed by atoms with Gasteiger partial charge in [0.1, 0.15) is 11.0 Å². The van der Waals surface area contributed by atoms with E-state index in [1.807, 2.05) is 12.1 Å². The highest BCUT2D eigenvalue weighted by molar-refractivity contribution is 6.32. The molecule has 27 heavy (non-hydrogen) atoms. The summed E-state index contributed by atoms with van der Waals surface area (Å²) in [7, 11) is 0. The number of hydrogen-bond donors (Lipinski definition) is 0. The van der Waals surface area contributed by atoms with Crippen LogP contribution in [0.2, 0.25) is 5.15 Å². The number of amides is 1. The highest BCUT2D eigenvalue weighted by atomic mass is 35.5. The summed E-state index contributed by atoms with van der Waals surface area (Å²) in [4.78, 5) is 29.2. The Kier molecular flexibility index (Phi) is 4.72. The van der Waals surface area contributed by atoms with E-state index in [9.17, 15) is 4.79 Å². The Labute approximate surface area is 160 Å². The molecule has 138 valence electrons. The SMILES string of the molecule is Cc1nc(-c2ccc(N3CCN(C(=O)c4cccnc4Cl)CC3)nc2)no1. The van der Waals surface area contributed by atoms with Crippen LogP contribution in [0.15, 0.2) is 41.2 Å². The number of nitrogens with zero attached hydrogens (tertiary/aromatic N) is 6. The first kappa shape index (κ1) is 17.4. The summed E-state index contributed by atoms with van der Waals surface area (Å²) in [6.07, 6.45) is 3.30. The Bertz CT molecular complexity index is 950. The van der Waals surface area contributed by atoms with Crippen molar-refractivity contribution in [3.63, 3.8) is 0 Å². The van der Waals surface area contributed by atoms with Crippen molar-refractivity contribution in [1.82, 2.24) is 25.0 Å². The molecule has 0 aliphatic carbocycles. The lowest BCUT2D eigenvalue weighted by atomic mass is 10.2. The smallest absolute Gasteiger partial charge is 0.257 e. The number of aromatic nitrogens is 4.